The molecule has 0 atom stereocenters. The zero-order valence-electron chi connectivity index (χ0n) is 9.89. The Labute approximate surface area is 102 Å². The average Bonchev–Trinajstić information content (AvgIpc) is 3.24. The zero-order chi connectivity index (χ0) is 11.5. The highest BCUT2D eigenvalue weighted by atomic mass is 14.0. The Morgan fingerprint density at radius 3 is 1.00 bits per heavy atom. The van der Waals surface area contributed by atoms with Crippen LogP contribution in [0.4, 0.5) is 0 Å². The van der Waals surface area contributed by atoms with Crippen molar-refractivity contribution in [2.75, 3.05) is 0 Å². The van der Waals surface area contributed by atoms with Crippen LogP contribution in [0, 0.1) is 0 Å². The third kappa shape index (κ3) is 2.47. The van der Waals surface area contributed by atoms with E-state index in [-0.39, 0.29) is 0 Å². The van der Waals surface area contributed by atoms with E-state index in [0.717, 1.165) is 0 Å². The molecule has 0 N–H and O–H groups in total. The number of benzene rings is 3. The molecule has 0 saturated heterocycles. The zero-order valence-corrected chi connectivity index (χ0v) is 9.89. The van der Waals surface area contributed by atoms with Crippen LogP contribution in [0.5, 0.6) is 0 Å². The Kier molecular flexibility index (Phi) is 2.79. The lowest BCUT2D eigenvalue weighted by Gasteiger charge is -2.00. The van der Waals surface area contributed by atoms with Crippen LogP contribution in [-0.4, -0.2) is 0 Å². The van der Waals surface area contributed by atoms with E-state index in [1.165, 1.54) is 40.8 Å². The van der Waals surface area contributed by atoms with Crippen LogP contribution in [-0.2, 0) is 0 Å². The van der Waals surface area contributed by atoms with Crippen molar-refractivity contribution >= 4 is 21.5 Å². The van der Waals surface area contributed by atoms with Gasteiger partial charge in [-0.3, -0.25) is 0 Å². The van der Waals surface area contributed by atoms with Crippen LogP contribution in [0.3, 0.4) is 0 Å². The molecule has 4 rings (SSSR count). The van der Waals surface area contributed by atoms with Gasteiger partial charge in [0.2, 0.25) is 0 Å². The Morgan fingerprint density at radius 1 is 0.471 bits per heavy atom. The van der Waals surface area contributed by atoms with Crippen molar-refractivity contribution in [2.24, 2.45) is 0 Å². The van der Waals surface area contributed by atoms with E-state index in [4.69, 9.17) is 0 Å². The third-order valence-corrected chi connectivity index (χ3v) is 2.97. The number of hydrogen-bond acceptors (Lipinski definition) is 0. The predicted octanol–water partition coefficient (Wildman–Crippen LogP) is 5.16. The largest absolute Gasteiger partial charge is 0.0616 e. The number of fused-ring (bicyclic) bond motifs is 2. The fourth-order valence-corrected chi connectivity index (χ4v) is 1.88. The maximum absolute atomic E-state index is 2.24. The molecule has 0 aliphatic heterocycles. The maximum atomic E-state index is 2.24. The Bertz CT molecular complexity index is 528. The summed E-state index contributed by atoms with van der Waals surface area (Å²) >= 11 is 0. The Balaban J connectivity index is 0.000000264. The standard InChI is InChI=1S/C14H10.C3H6/c1-2-6-12-10-14-8-4-3-7-13(14)9-11(12)5-1;1-2-3-1/h1-10H;1-3H2. The summed E-state index contributed by atoms with van der Waals surface area (Å²) in [6.07, 6.45) is 4.50. The van der Waals surface area contributed by atoms with Gasteiger partial charge in [0.05, 0.1) is 0 Å². The van der Waals surface area contributed by atoms with E-state index >= 15 is 0 Å². The van der Waals surface area contributed by atoms with Gasteiger partial charge in [-0.2, -0.15) is 0 Å². The first-order valence-corrected chi connectivity index (χ1v) is 6.31. The molecule has 1 fully saturated rings. The van der Waals surface area contributed by atoms with E-state index in [9.17, 15) is 0 Å². The van der Waals surface area contributed by atoms with Crippen LogP contribution < -0.4 is 0 Å². The SMILES string of the molecule is C1CC1.c1ccc2cc3ccccc3cc2c1. The molecule has 0 radical (unpaired) electrons. The van der Waals surface area contributed by atoms with E-state index in [1.807, 2.05) is 0 Å². The van der Waals surface area contributed by atoms with Gasteiger partial charge < -0.3 is 0 Å². The molecule has 84 valence electrons. The van der Waals surface area contributed by atoms with Crippen molar-refractivity contribution in [3.63, 3.8) is 0 Å². The second-order valence-electron chi connectivity index (χ2n) is 4.61. The first-order valence-electron chi connectivity index (χ1n) is 6.31. The summed E-state index contributed by atoms with van der Waals surface area (Å²) in [7, 11) is 0. The molecule has 0 unspecified atom stereocenters. The highest BCUT2D eigenvalue weighted by molar-refractivity contribution is 5.98. The summed E-state index contributed by atoms with van der Waals surface area (Å²) in [5.41, 5.74) is 0. The van der Waals surface area contributed by atoms with Gasteiger partial charge >= 0.3 is 0 Å². The molecule has 0 bridgehead atoms. The summed E-state index contributed by atoms with van der Waals surface area (Å²) < 4.78 is 0. The number of rotatable bonds is 0. The average molecular weight is 220 g/mol. The van der Waals surface area contributed by atoms with Crippen molar-refractivity contribution < 1.29 is 0 Å². The predicted molar refractivity (Wildman–Crippen MR) is 75.3 cm³/mol. The first-order chi connectivity index (χ1) is 8.43. The Hall–Kier alpha value is -1.82. The van der Waals surface area contributed by atoms with E-state index in [0.29, 0.717) is 0 Å². The summed E-state index contributed by atoms with van der Waals surface area (Å²) in [5.74, 6) is 0. The molecule has 1 aliphatic carbocycles. The number of hydrogen-bond donors (Lipinski definition) is 0. The minimum atomic E-state index is 1.31. The van der Waals surface area contributed by atoms with Crippen LogP contribution in [0.2, 0.25) is 0 Å². The smallest absolute Gasteiger partial charge is 0.0178 e. The van der Waals surface area contributed by atoms with E-state index in [1.54, 1.807) is 0 Å². The van der Waals surface area contributed by atoms with Crippen molar-refractivity contribution in [3.05, 3.63) is 60.7 Å². The van der Waals surface area contributed by atoms with E-state index in [2.05, 4.69) is 60.7 Å². The van der Waals surface area contributed by atoms with Crippen LogP contribution in [0.1, 0.15) is 19.3 Å². The topological polar surface area (TPSA) is 0 Å². The normalized spacial score (nSPS) is 13.2. The van der Waals surface area contributed by atoms with Gasteiger partial charge in [0.1, 0.15) is 0 Å². The molecular formula is C17H16. The molecule has 0 heteroatoms. The minimum Gasteiger partial charge on any atom is -0.0616 e. The van der Waals surface area contributed by atoms with Crippen molar-refractivity contribution in [1.29, 1.82) is 0 Å². The van der Waals surface area contributed by atoms with Gasteiger partial charge in [-0.1, -0.05) is 67.8 Å². The third-order valence-electron chi connectivity index (χ3n) is 2.97. The molecule has 1 saturated carbocycles. The second-order valence-corrected chi connectivity index (χ2v) is 4.61. The second kappa shape index (κ2) is 4.58. The van der Waals surface area contributed by atoms with Gasteiger partial charge in [0, 0.05) is 0 Å². The van der Waals surface area contributed by atoms with Gasteiger partial charge in [0.25, 0.3) is 0 Å². The minimum absolute atomic E-state index is 1.31. The van der Waals surface area contributed by atoms with Crippen molar-refractivity contribution in [3.8, 4) is 0 Å². The molecular weight excluding hydrogens is 204 g/mol. The molecule has 17 heavy (non-hydrogen) atoms. The molecule has 3 aromatic rings. The molecule has 1 aliphatic rings. The monoisotopic (exact) mass is 220 g/mol. The maximum Gasteiger partial charge on any atom is -0.0178 e. The molecule has 0 amide bonds. The van der Waals surface area contributed by atoms with Crippen molar-refractivity contribution in [2.45, 2.75) is 19.3 Å². The van der Waals surface area contributed by atoms with Gasteiger partial charge in [-0.05, 0) is 33.7 Å². The fraction of sp³-hybridized carbons (Fsp3) is 0.176. The highest BCUT2D eigenvalue weighted by Gasteiger charge is 1.95. The summed E-state index contributed by atoms with van der Waals surface area (Å²) in [6.45, 7) is 0. The van der Waals surface area contributed by atoms with Gasteiger partial charge in [-0.15, -0.1) is 0 Å². The van der Waals surface area contributed by atoms with E-state index < -0.39 is 0 Å². The lowest BCUT2D eigenvalue weighted by molar-refractivity contribution is 1.50. The molecule has 0 aromatic heterocycles. The lowest BCUT2D eigenvalue weighted by Crippen LogP contribution is -1.74. The first kappa shape index (κ1) is 10.3. The van der Waals surface area contributed by atoms with Gasteiger partial charge in [-0.25, -0.2) is 0 Å². The van der Waals surface area contributed by atoms with Crippen LogP contribution in [0.15, 0.2) is 60.7 Å². The molecule has 0 heterocycles. The Morgan fingerprint density at radius 2 is 0.765 bits per heavy atom. The highest BCUT2D eigenvalue weighted by Crippen LogP contribution is 2.22. The fourth-order valence-electron chi connectivity index (χ4n) is 1.88. The summed E-state index contributed by atoms with van der Waals surface area (Å²) in [4.78, 5) is 0. The summed E-state index contributed by atoms with van der Waals surface area (Å²) in [5, 5.41) is 5.25. The van der Waals surface area contributed by atoms with Crippen LogP contribution >= 0.6 is 0 Å². The molecule has 0 spiro atoms. The lowest BCUT2D eigenvalue weighted by atomic mass is 10.0. The molecule has 0 nitrogen and oxygen atoms in total. The summed E-state index contributed by atoms with van der Waals surface area (Å²) in [6, 6.07) is 21.4. The van der Waals surface area contributed by atoms with Crippen molar-refractivity contribution in [1.82, 2.24) is 0 Å². The molecule has 3 aromatic carbocycles. The van der Waals surface area contributed by atoms with Gasteiger partial charge in [0.15, 0.2) is 0 Å². The quantitative estimate of drug-likeness (QED) is 0.459. The van der Waals surface area contributed by atoms with Crippen LogP contribution in [0.25, 0.3) is 21.5 Å².